The van der Waals surface area contributed by atoms with Crippen molar-refractivity contribution in [3.05, 3.63) is 66.2 Å². The van der Waals surface area contributed by atoms with Crippen molar-refractivity contribution in [1.82, 2.24) is 4.90 Å². The molecule has 2 aromatic carbocycles. The molecule has 4 rings (SSSR count). The van der Waals surface area contributed by atoms with Crippen molar-refractivity contribution in [3.8, 4) is 5.75 Å². The van der Waals surface area contributed by atoms with E-state index in [1.54, 1.807) is 65.0 Å². The fourth-order valence-electron chi connectivity index (χ4n) is 8.51. The SMILES string of the molecule is CC[C@@H]1OC(=O)[C@H](C)[C@@H](OC(=O)c2ccccc2)[C@H](C)[C@@H](O[C@@H]2O[C@H](C)C[C@H](N(C)C)[C@H]2O)C(C)(O)C[C@@H](C)/C(=N\OCCCOc2ccccc2)[C@@H](C)[C@@H](O)[C@]1(C)O. The molecule has 0 aliphatic carbocycles. The summed E-state index contributed by atoms with van der Waals surface area (Å²) in [5.41, 5.74) is -3.18. The lowest BCUT2D eigenvalue weighted by Gasteiger charge is -2.47. The first kappa shape index (κ1) is 48.0. The van der Waals surface area contributed by atoms with E-state index in [1.807, 2.05) is 63.2 Å². The number of cyclic esters (lactones) is 1. The van der Waals surface area contributed by atoms with E-state index < -0.39 is 83.6 Å². The molecule has 4 N–H and O–H groups in total. The molecule has 0 amide bonds. The van der Waals surface area contributed by atoms with Crippen LogP contribution in [0.5, 0.6) is 5.75 Å². The maximum atomic E-state index is 14.2. The van der Waals surface area contributed by atoms with Crippen LogP contribution in [0, 0.1) is 23.7 Å². The molecule has 14 nitrogen and oxygen atoms in total. The zero-order chi connectivity index (χ0) is 43.7. The van der Waals surface area contributed by atoms with Gasteiger partial charge in [0.1, 0.15) is 36.3 Å². The summed E-state index contributed by atoms with van der Waals surface area (Å²) in [5, 5.41) is 52.6. The summed E-state index contributed by atoms with van der Waals surface area (Å²) in [6.45, 7) is 13.9. The number of likely N-dealkylation sites (N-methyl/N-ethyl adjacent to an activating group) is 1. The summed E-state index contributed by atoms with van der Waals surface area (Å²) in [5.74, 6) is -4.33. The van der Waals surface area contributed by atoms with E-state index in [1.165, 1.54) is 6.92 Å². The summed E-state index contributed by atoms with van der Waals surface area (Å²) in [6, 6.07) is 17.4. The highest BCUT2D eigenvalue weighted by atomic mass is 16.7. The van der Waals surface area contributed by atoms with Crippen LogP contribution in [0.15, 0.2) is 65.8 Å². The summed E-state index contributed by atoms with van der Waals surface area (Å²) in [7, 11) is 3.71. The number of nitrogens with zero attached hydrogens (tertiary/aromatic N) is 2. The van der Waals surface area contributed by atoms with Crippen molar-refractivity contribution < 1.29 is 58.5 Å². The molecule has 2 heterocycles. The fourth-order valence-corrected chi connectivity index (χ4v) is 8.51. The van der Waals surface area contributed by atoms with E-state index in [9.17, 15) is 30.0 Å². The molecule has 2 aromatic rings. The molecule has 0 saturated carbocycles. The number of ether oxygens (including phenoxy) is 5. The molecule has 1 unspecified atom stereocenters. The van der Waals surface area contributed by atoms with Crippen LogP contribution in [0.1, 0.15) is 91.4 Å². The van der Waals surface area contributed by atoms with Crippen molar-refractivity contribution in [2.45, 2.75) is 141 Å². The van der Waals surface area contributed by atoms with Gasteiger partial charge in [-0.15, -0.1) is 0 Å². The van der Waals surface area contributed by atoms with Gasteiger partial charge in [0.05, 0.1) is 47.7 Å². The largest absolute Gasteiger partial charge is 0.493 e. The number of aliphatic hydroxyl groups is 4. The molecule has 2 saturated heterocycles. The zero-order valence-electron chi connectivity index (χ0n) is 36.4. The second kappa shape index (κ2) is 21.2. The first-order valence-electron chi connectivity index (χ1n) is 20.9. The second-order valence-electron chi connectivity index (χ2n) is 17.1. The standard InChI is InChI=1S/C45H68N2O12/c1-11-35-45(8,53)39(49)29(4)36(46-55-24-18-23-54-33-21-16-13-17-22-33)27(2)26-44(7,52)40(59-43-37(48)34(47(9)10)25-28(3)56-43)30(5)38(31(6)41(50)57-35)58-42(51)32-19-14-12-15-20-32/h12-17,19-22,27-31,34-35,37-40,43,48-49,52-53H,11,18,23-26H2,1-10H3/b46-36+/t27-,28-,29-,30+,31-,34+,35+,37-,38+,39-,40-,43+,44?,45-/m1/s1. The van der Waals surface area contributed by atoms with Crippen LogP contribution >= 0.6 is 0 Å². The van der Waals surface area contributed by atoms with Gasteiger partial charge in [-0.25, -0.2) is 4.79 Å². The minimum absolute atomic E-state index is 0.0363. The number of rotatable bonds is 12. The van der Waals surface area contributed by atoms with E-state index in [0.717, 1.165) is 5.75 Å². The van der Waals surface area contributed by atoms with Crippen LogP contribution in [0.3, 0.4) is 0 Å². The monoisotopic (exact) mass is 828 g/mol. The molecule has 2 aliphatic rings. The molecule has 2 aliphatic heterocycles. The molecular formula is C45H68N2O12. The Morgan fingerprint density at radius 2 is 1.56 bits per heavy atom. The van der Waals surface area contributed by atoms with Gasteiger partial charge in [0.15, 0.2) is 6.29 Å². The number of carbonyl (C=O) groups excluding carboxylic acids is 2. The highest BCUT2D eigenvalue weighted by Gasteiger charge is 2.52. The number of hydrogen-bond acceptors (Lipinski definition) is 14. The quantitative estimate of drug-likeness (QED) is 0.127. The minimum Gasteiger partial charge on any atom is -0.493 e. The third kappa shape index (κ3) is 12.2. The Balaban J connectivity index is 1.78. The molecule has 0 spiro atoms. The maximum absolute atomic E-state index is 14.2. The van der Waals surface area contributed by atoms with Crippen molar-refractivity contribution in [2.24, 2.45) is 28.8 Å². The maximum Gasteiger partial charge on any atom is 0.338 e. The lowest BCUT2D eigenvalue weighted by molar-refractivity contribution is -0.298. The van der Waals surface area contributed by atoms with Crippen LogP contribution in [-0.2, 0) is 28.6 Å². The number of aliphatic hydroxyl groups excluding tert-OH is 2. The number of oxime groups is 1. The van der Waals surface area contributed by atoms with Crippen LogP contribution < -0.4 is 4.74 Å². The number of benzene rings is 2. The van der Waals surface area contributed by atoms with Crippen molar-refractivity contribution in [3.63, 3.8) is 0 Å². The Labute approximate surface area is 349 Å². The molecule has 0 radical (unpaired) electrons. The van der Waals surface area contributed by atoms with Gasteiger partial charge in [-0.05, 0) is 85.3 Å². The van der Waals surface area contributed by atoms with E-state index in [0.29, 0.717) is 25.2 Å². The smallest absolute Gasteiger partial charge is 0.338 e. The summed E-state index contributed by atoms with van der Waals surface area (Å²) in [4.78, 5) is 35.6. The first-order valence-corrected chi connectivity index (χ1v) is 20.9. The number of hydrogen-bond donors (Lipinski definition) is 4. The summed E-state index contributed by atoms with van der Waals surface area (Å²) in [6.07, 6.45) is -6.70. The average Bonchev–Trinajstić information content (AvgIpc) is 3.20. The van der Waals surface area contributed by atoms with Gasteiger partial charge in [-0.2, -0.15) is 0 Å². The van der Waals surface area contributed by atoms with Crippen LogP contribution in [0.25, 0.3) is 0 Å². The normalized spacial score (nSPS) is 37.0. The van der Waals surface area contributed by atoms with E-state index in [2.05, 4.69) is 5.16 Å². The second-order valence-corrected chi connectivity index (χ2v) is 17.1. The van der Waals surface area contributed by atoms with E-state index in [4.69, 9.17) is 28.5 Å². The third-order valence-corrected chi connectivity index (χ3v) is 11.9. The van der Waals surface area contributed by atoms with Crippen LogP contribution in [-0.4, -0.2) is 130 Å². The van der Waals surface area contributed by atoms with Gasteiger partial charge in [-0.1, -0.05) is 69.2 Å². The highest BCUT2D eigenvalue weighted by Crippen LogP contribution is 2.39. The van der Waals surface area contributed by atoms with Gasteiger partial charge >= 0.3 is 11.9 Å². The Morgan fingerprint density at radius 1 is 0.932 bits per heavy atom. The zero-order valence-corrected chi connectivity index (χ0v) is 36.4. The Morgan fingerprint density at radius 3 is 2.17 bits per heavy atom. The van der Waals surface area contributed by atoms with Gasteiger partial charge in [0, 0.05) is 30.2 Å². The third-order valence-electron chi connectivity index (χ3n) is 11.9. The predicted octanol–water partition coefficient (Wildman–Crippen LogP) is 5.00. The molecular weight excluding hydrogens is 760 g/mol. The Hall–Kier alpha value is -3.63. The van der Waals surface area contributed by atoms with Gasteiger partial charge in [0.2, 0.25) is 0 Å². The van der Waals surface area contributed by atoms with E-state index >= 15 is 0 Å². The van der Waals surface area contributed by atoms with Crippen molar-refractivity contribution in [1.29, 1.82) is 0 Å². The average molecular weight is 829 g/mol. The molecule has 330 valence electrons. The number of carbonyl (C=O) groups is 2. The number of para-hydroxylation sites is 1. The van der Waals surface area contributed by atoms with Gasteiger partial charge < -0.3 is 53.8 Å². The molecule has 14 atom stereocenters. The number of esters is 2. The Kier molecular flexibility index (Phi) is 17.3. The molecule has 0 aromatic heterocycles. The molecule has 59 heavy (non-hydrogen) atoms. The van der Waals surface area contributed by atoms with Crippen LogP contribution in [0.2, 0.25) is 0 Å². The summed E-state index contributed by atoms with van der Waals surface area (Å²) >= 11 is 0. The predicted molar refractivity (Wildman–Crippen MR) is 222 cm³/mol. The minimum atomic E-state index is -1.97. The lowest BCUT2D eigenvalue weighted by Crippen LogP contribution is -2.60. The first-order chi connectivity index (χ1) is 27.8. The fraction of sp³-hybridized carbons (Fsp3) is 0.667. The summed E-state index contributed by atoms with van der Waals surface area (Å²) < 4.78 is 30.8. The lowest BCUT2D eigenvalue weighted by atomic mass is 9.73. The van der Waals surface area contributed by atoms with E-state index in [-0.39, 0.29) is 37.2 Å². The Bertz CT molecular complexity index is 1640. The van der Waals surface area contributed by atoms with Crippen molar-refractivity contribution >= 4 is 17.7 Å². The molecule has 2 fully saturated rings. The molecule has 14 heteroatoms. The van der Waals surface area contributed by atoms with Gasteiger partial charge in [-0.3, -0.25) is 4.79 Å². The van der Waals surface area contributed by atoms with Gasteiger partial charge in [0.25, 0.3) is 0 Å². The topological polar surface area (TPSA) is 186 Å². The van der Waals surface area contributed by atoms with Crippen molar-refractivity contribution in [2.75, 3.05) is 27.3 Å². The highest BCUT2D eigenvalue weighted by molar-refractivity contribution is 5.90. The molecule has 0 bridgehead atoms. The van der Waals surface area contributed by atoms with Crippen LogP contribution in [0.4, 0.5) is 0 Å².